The van der Waals surface area contributed by atoms with Crippen molar-refractivity contribution in [2.75, 3.05) is 13.6 Å². The van der Waals surface area contributed by atoms with Crippen molar-refractivity contribution in [1.29, 1.82) is 0 Å². The highest BCUT2D eigenvalue weighted by molar-refractivity contribution is 5.80. The molecule has 1 N–H and O–H groups in total. The summed E-state index contributed by atoms with van der Waals surface area (Å²) >= 11 is 0. The van der Waals surface area contributed by atoms with Gasteiger partial charge in [-0.2, -0.15) is 0 Å². The Morgan fingerprint density at radius 1 is 1.38 bits per heavy atom. The Hall–Kier alpha value is -1.32. The Kier molecular flexibility index (Phi) is 4.05. The summed E-state index contributed by atoms with van der Waals surface area (Å²) in [5.74, 6) is 0.995. The molecule has 4 heteroatoms. The maximum atomic E-state index is 12.2. The first-order chi connectivity index (χ1) is 10.1. The molecule has 0 aromatic heterocycles. The van der Waals surface area contributed by atoms with Crippen molar-refractivity contribution in [3.05, 3.63) is 11.8 Å². The third kappa shape index (κ3) is 2.85. The first-order valence-corrected chi connectivity index (χ1v) is 8.35. The zero-order valence-electron chi connectivity index (χ0n) is 13.0. The van der Waals surface area contributed by atoms with Crippen LogP contribution in [0.4, 0.5) is 0 Å². The van der Waals surface area contributed by atoms with E-state index in [-0.39, 0.29) is 17.2 Å². The van der Waals surface area contributed by atoms with E-state index in [0.717, 1.165) is 25.0 Å². The zero-order valence-corrected chi connectivity index (χ0v) is 13.0. The number of hydrogen-bond acceptors (Lipinski definition) is 2. The van der Waals surface area contributed by atoms with Gasteiger partial charge in [-0.25, -0.2) is 0 Å². The quantitative estimate of drug-likeness (QED) is 0.865. The topological polar surface area (TPSA) is 49.4 Å². The minimum absolute atomic E-state index is 0.00793. The summed E-state index contributed by atoms with van der Waals surface area (Å²) in [5.41, 5.74) is 1.15. The number of rotatable bonds is 4. The van der Waals surface area contributed by atoms with Gasteiger partial charge in [0.1, 0.15) is 0 Å². The van der Waals surface area contributed by atoms with Gasteiger partial charge in [-0.1, -0.05) is 18.9 Å². The average Bonchev–Trinajstić information content (AvgIpc) is 3.11. The highest BCUT2D eigenvalue weighted by atomic mass is 16.2. The molecule has 1 heterocycles. The number of piperidine rings is 1. The molecule has 1 saturated carbocycles. The van der Waals surface area contributed by atoms with E-state index in [2.05, 4.69) is 11.4 Å². The highest BCUT2D eigenvalue weighted by Gasteiger charge is 2.44. The highest BCUT2D eigenvalue weighted by Crippen LogP contribution is 2.46. The van der Waals surface area contributed by atoms with Crippen molar-refractivity contribution in [3.63, 3.8) is 0 Å². The molecule has 1 saturated heterocycles. The van der Waals surface area contributed by atoms with Gasteiger partial charge in [0, 0.05) is 37.5 Å². The lowest BCUT2D eigenvalue weighted by atomic mass is 9.77. The maximum Gasteiger partial charge on any atom is 0.226 e. The molecule has 3 rings (SSSR count). The van der Waals surface area contributed by atoms with E-state index in [1.165, 1.54) is 25.7 Å². The number of carbonyl (C=O) groups is 2. The molecule has 4 nitrogen and oxygen atoms in total. The Morgan fingerprint density at radius 3 is 2.90 bits per heavy atom. The first kappa shape index (κ1) is 14.6. The van der Waals surface area contributed by atoms with Crippen LogP contribution in [0.3, 0.4) is 0 Å². The number of nitrogens with one attached hydrogen (secondary N) is 1. The van der Waals surface area contributed by atoms with Crippen LogP contribution in [0.5, 0.6) is 0 Å². The molecule has 0 spiro atoms. The van der Waals surface area contributed by atoms with E-state index < -0.39 is 0 Å². The lowest BCUT2D eigenvalue weighted by Gasteiger charge is -2.41. The molecular weight excluding hydrogens is 264 g/mol. The summed E-state index contributed by atoms with van der Waals surface area (Å²) < 4.78 is 0. The van der Waals surface area contributed by atoms with Crippen LogP contribution >= 0.6 is 0 Å². The summed E-state index contributed by atoms with van der Waals surface area (Å²) in [6.07, 6.45) is 11.4. The molecule has 2 fully saturated rings. The van der Waals surface area contributed by atoms with Crippen LogP contribution < -0.4 is 5.32 Å². The summed E-state index contributed by atoms with van der Waals surface area (Å²) in [6.45, 7) is 0.696. The van der Waals surface area contributed by atoms with Gasteiger partial charge in [-0.15, -0.1) is 0 Å². The van der Waals surface area contributed by atoms with E-state index in [9.17, 15) is 9.59 Å². The largest absolute Gasteiger partial charge is 0.355 e. The van der Waals surface area contributed by atoms with Gasteiger partial charge in [0.2, 0.25) is 11.8 Å². The monoisotopic (exact) mass is 290 g/mol. The molecule has 0 bridgehead atoms. The predicted molar refractivity (Wildman–Crippen MR) is 81.3 cm³/mol. The minimum atomic E-state index is 0.00793. The Morgan fingerprint density at radius 2 is 2.14 bits per heavy atom. The second-order valence-electron chi connectivity index (χ2n) is 6.99. The fraction of sp³-hybridized carbons (Fsp3) is 0.765. The van der Waals surface area contributed by atoms with Crippen molar-refractivity contribution in [2.45, 2.75) is 57.8 Å². The molecule has 0 aromatic rings. The molecule has 1 unspecified atom stereocenters. The van der Waals surface area contributed by atoms with Crippen molar-refractivity contribution in [1.82, 2.24) is 10.2 Å². The van der Waals surface area contributed by atoms with Crippen LogP contribution in [0.25, 0.3) is 0 Å². The van der Waals surface area contributed by atoms with Crippen LogP contribution in [-0.2, 0) is 9.59 Å². The third-order valence-corrected chi connectivity index (χ3v) is 5.63. The zero-order chi connectivity index (χ0) is 14.9. The van der Waals surface area contributed by atoms with Gasteiger partial charge in [0.15, 0.2) is 0 Å². The van der Waals surface area contributed by atoms with Gasteiger partial charge in [0.25, 0.3) is 0 Å². The van der Waals surface area contributed by atoms with Crippen molar-refractivity contribution in [2.24, 2.45) is 11.3 Å². The van der Waals surface area contributed by atoms with E-state index >= 15 is 0 Å². The fourth-order valence-corrected chi connectivity index (χ4v) is 4.31. The van der Waals surface area contributed by atoms with E-state index in [1.807, 2.05) is 7.05 Å². The number of allylic oxidation sites excluding steroid dienone is 1. The van der Waals surface area contributed by atoms with Gasteiger partial charge in [0.05, 0.1) is 0 Å². The third-order valence-electron chi connectivity index (χ3n) is 5.63. The maximum absolute atomic E-state index is 12.2. The van der Waals surface area contributed by atoms with Gasteiger partial charge in [-0.05, 0) is 38.0 Å². The fourth-order valence-electron chi connectivity index (χ4n) is 4.31. The standard InChI is InChI=1S/C17H26N2O2/c1-19-14-7-4-9-17(14,10-8-16(19)21)12-18-15(20)11-13-5-2-3-6-13/h7,13H,2-6,8-12H2,1H3,(H,18,20). The van der Waals surface area contributed by atoms with Crippen LogP contribution in [0.15, 0.2) is 11.8 Å². The molecule has 21 heavy (non-hydrogen) atoms. The summed E-state index contributed by atoms with van der Waals surface area (Å²) in [7, 11) is 1.87. The summed E-state index contributed by atoms with van der Waals surface area (Å²) in [6, 6.07) is 0. The molecule has 1 aliphatic heterocycles. The second-order valence-corrected chi connectivity index (χ2v) is 6.99. The normalized spacial score (nSPS) is 29.5. The number of nitrogens with zero attached hydrogens (tertiary/aromatic N) is 1. The SMILES string of the molecule is CN1C(=O)CCC2(CNC(=O)CC3CCCC3)CCC=C12. The Balaban J connectivity index is 1.57. The molecule has 2 amide bonds. The van der Waals surface area contributed by atoms with Crippen LogP contribution in [-0.4, -0.2) is 30.3 Å². The summed E-state index contributed by atoms with van der Waals surface area (Å²) in [5, 5.41) is 3.16. The predicted octanol–water partition coefficient (Wildman–Crippen LogP) is 2.60. The number of carbonyl (C=O) groups excluding carboxylic acids is 2. The number of hydrogen-bond donors (Lipinski definition) is 1. The van der Waals surface area contributed by atoms with E-state index in [0.29, 0.717) is 25.3 Å². The minimum Gasteiger partial charge on any atom is -0.355 e. The Labute approximate surface area is 127 Å². The molecule has 0 radical (unpaired) electrons. The van der Waals surface area contributed by atoms with Gasteiger partial charge >= 0.3 is 0 Å². The molecular formula is C17H26N2O2. The van der Waals surface area contributed by atoms with Gasteiger partial charge < -0.3 is 10.2 Å². The molecule has 116 valence electrons. The smallest absolute Gasteiger partial charge is 0.226 e. The lowest BCUT2D eigenvalue weighted by Crippen LogP contribution is -2.46. The van der Waals surface area contributed by atoms with Crippen LogP contribution in [0.1, 0.15) is 57.8 Å². The molecule has 0 aromatic carbocycles. The molecule has 3 aliphatic rings. The van der Waals surface area contributed by atoms with Crippen molar-refractivity contribution < 1.29 is 9.59 Å². The molecule has 1 atom stereocenters. The van der Waals surface area contributed by atoms with Crippen molar-refractivity contribution >= 4 is 11.8 Å². The van der Waals surface area contributed by atoms with Crippen LogP contribution in [0, 0.1) is 11.3 Å². The number of likely N-dealkylation sites (tertiary alicyclic amines) is 1. The number of amides is 2. The van der Waals surface area contributed by atoms with Crippen LogP contribution in [0.2, 0.25) is 0 Å². The first-order valence-electron chi connectivity index (χ1n) is 8.35. The number of fused-ring (bicyclic) bond motifs is 1. The molecule has 2 aliphatic carbocycles. The summed E-state index contributed by atoms with van der Waals surface area (Å²) in [4.78, 5) is 25.8. The van der Waals surface area contributed by atoms with Crippen molar-refractivity contribution in [3.8, 4) is 0 Å². The Bertz CT molecular complexity index is 465. The van der Waals surface area contributed by atoms with Gasteiger partial charge in [-0.3, -0.25) is 9.59 Å². The lowest BCUT2D eigenvalue weighted by molar-refractivity contribution is -0.132. The average molecular weight is 290 g/mol. The second kappa shape index (κ2) is 5.82. The van der Waals surface area contributed by atoms with E-state index in [4.69, 9.17) is 0 Å². The van der Waals surface area contributed by atoms with E-state index in [1.54, 1.807) is 4.90 Å².